The molecule has 214 valence electrons. The third kappa shape index (κ3) is 8.27. The fraction of sp³-hybridized carbons (Fsp3) is 0.393. The van der Waals surface area contributed by atoms with Crippen LogP contribution in [-0.2, 0) is 49.3 Å². The van der Waals surface area contributed by atoms with E-state index in [1.165, 1.54) is 18.2 Å². The molecular weight excluding hydrogens is 528 g/mol. The molecule has 3 rings (SSSR count). The lowest BCUT2D eigenvalue weighted by Gasteiger charge is -2.43. The first-order valence-corrected chi connectivity index (χ1v) is 12.3. The summed E-state index contributed by atoms with van der Waals surface area (Å²) in [5.41, 5.74) is 0.822. The van der Waals surface area contributed by atoms with Gasteiger partial charge in [0.05, 0.1) is 5.56 Å². The zero-order valence-electron chi connectivity index (χ0n) is 22.4. The summed E-state index contributed by atoms with van der Waals surface area (Å²) in [7, 11) is 0. The van der Waals surface area contributed by atoms with Crippen molar-refractivity contribution in [1.82, 2.24) is 0 Å². The number of phenolic OH excluding ortho intramolecular Hbond substituents is 1. The van der Waals surface area contributed by atoms with E-state index < -0.39 is 61.2 Å². The number of phenols is 1. The summed E-state index contributed by atoms with van der Waals surface area (Å²) in [6.07, 6.45) is -6.81. The normalized spacial score (nSPS) is 21.9. The van der Waals surface area contributed by atoms with Crippen molar-refractivity contribution in [3.63, 3.8) is 0 Å². The van der Waals surface area contributed by atoms with E-state index in [4.69, 9.17) is 28.4 Å². The van der Waals surface area contributed by atoms with Crippen molar-refractivity contribution in [2.24, 2.45) is 0 Å². The Morgan fingerprint density at radius 2 is 1.38 bits per heavy atom. The number of aromatic hydroxyl groups is 1. The first-order chi connectivity index (χ1) is 18.9. The second-order valence-electron chi connectivity index (χ2n) is 8.95. The minimum atomic E-state index is -1.48. The highest BCUT2D eigenvalue weighted by Crippen LogP contribution is 2.32. The van der Waals surface area contributed by atoms with Crippen molar-refractivity contribution in [2.45, 2.75) is 64.8 Å². The van der Waals surface area contributed by atoms with Gasteiger partial charge >= 0.3 is 23.9 Å². The maximum absolute atomic E-state index is 12.7. The van der Waals surface area contributed by atoms with Crippen LogP contribution in [0, 0.1) is 0 Å². The Hall–Kier alpha value is -4.45. The number of benzene rings is 2. The van der Waals surface area contributed by atoms with E-state index in [0.717, 1.165) is 33.3 Å². The maximum atomic E-state index is 12.7. The average Bonchev–Trinajstić information content (AvgIpc) is 2.86. The minimum Gasteiger partial charge on any atom is -0.507 e. The van der Waals surface area contributed by atoms with E-state index in [2.05, 4.69) is 0 Å². The summed E-state index contributed by atoms with van der Waals surface area (Å²) in [6, 6.07) is 12.9. The third-order valence-electron chi connectivity index (χ3n) is 5.68. The lowest BCUT2D eigenvalue weighted by molar-refractivity contribution is -0.288. The molecule has 1 aliphatic heterocycles. The SMILES string of the molecule is CC(=O)OC[C@H]1O[C@@H](Oc2ccc(C(=O)Cc3ccccc3)c(O)c2)[C@H](OC(C)=O)[C@@H](OC(C)=O)[C@@H]1OC(C)=O. The van der Waals surface area contributed by atoms with Gasteiger partial charge in [0.2, 0.25) is 12.4 Å². The lowest BCUT2D eigenvalue weighted by Crippen LogP contribution is -2.63. The smallest absolute Gasteiger partial charge is 0.303 e. The second-order valence-corrected chi connectivity index (χ2v) is 8.95. The topological polar surface area (TPSA) is 161 Å². The number of hydrogen-bond acceptors (Lipinski definition) is 12. The molecule has 0 spiro atoms. The predicted octanol–water partition coefficient (Wildman–Crippen LogP) is 2.28. The van der Waals surface area contributed by atoms with E-state index in [1.54, 1.807) is 24.3 Å². The quantitative estimate of drug-likeness (QED) is 0.258. The highest BCUT2D eigenvalue weighted by molar-refractivity contribution is 6.00. The molecule has 2 aromatic carbocycles. The molecule has 12 heteroatoms. The molecule has 0 bridgehead atoms. The number of carbonyl (C=O) groups is 5. The minimum absolute atomic E-state index is 0.00895. The van der Waals surface area contributed by atoms with Crippen LogP contribution < -0.4 is 4.74 Å². The fourth-order valence-electron chi connectivity index (χ4n) is 4.11. The summed E-state index contributed by atoms with van der Waals surface area (Å²) < 4.78 is 32.8. The third-order valence-corrected chi connectivity index (χ3v) is 5.68. The lowest BCUT2D eigenvalue weighted by atomic mass is 9.98. The Labute approximate surface area is 230 Å². The maximum Gasteiger partial charge on any atom is 0.303 e. The van der Waals surface area contributed by atoms with Crippen LogP contribution in [0.4, 0.5) is 0 Å². The van der Waals surface area contributed by atoms with Gasteiger partial charge in [-0.05, 0) is 17.7 Å². The van der Waals surface area contributed by atoms with Gasteiger partial charge in [-0.2, -0.15) is 0 Å². The summed E-state index contributed by atoms with van der Waals surface area (Å²) in [6.45, 7) is 4.06. The Bertz CT molecular complexity index is 1240. The molecule has 0 unspecified atom stereocenters. The molecule has 1 aliphatic rings. The Balaban J connectivity index is 1.91. The summed E-state index contributed by atoms with van der Waals surface area (Å²) in [4.78, 5) is 60.0. The Morgan fingerprint density at radius 1 is 0.775 bits per heavy atom. The van der Waals surface area contributed by atoms with Gasteiger partial charge in [-0.15, -0.1) is 0 Å². The molecule has 0 aliphatic carbocycles. The van der Waals surface area contributed by atoms with Crippen molar-refractivity contribution < 1.29 is 57.5 Å². The number of esters is 4. The highest BCUT2D eigenvalue weighted by atomic mass is 16.7. The van der Waals surface area contributed by atoms with Crippen LogP contribution in [0.5, 0.6) is 11.5 Å². The van der Waals surface area contributed by atoms with Crippen molar-refractivity contribution in [3.8, 4) is 11.5 Å². The van der Waals surface area contributed by atoms with Gasteiger partial charge < -0.3 is 33.5 Å². The Morgan fingerprint density at radius 3 is 1.95 bits per heavy atom. The van der Waals surface area contributed by atoms with E-state index >= 15 is 0 Å². The van der Waals surface area contributed by atoms with Gasteiger partial charge in [-0.1, -0.05) is 30.3 Å². The molecule has 0 radical (unpaired) electrons. The zero-order valence-corrected chi connectivity index (χ0v) is 22.4. The van der Waals surface area contributed by atoms with Gasteiger partial charge in [-0.25, -0.2) is 0 Å². The largest absolute Gasteiger partial charge is 0.507 e. The first-order valence-electron chi connectivity index (χ1n) is 12.3. The second kappa shape index (κ2) is 13.6. The van der Waals surface area contributed by atoms with E-state index in [9.17, 15) is 29.1 Å². The molecule has 1 saturated heterocycles. The molecule has 12 nitrogen and oxygen atoms in total. The molecule has 1 fully saturated rings. The van der Waals surface area contributed by atoms with Crippen molar-refractivity contribution in [3.05, 3.63) is 59.7 Å². The van der Waals surface area contributed by atoms with Gasteiger partial charge in [0.15, 0.2) is 18.0 Å². The van der Waals surface area contributed by atoms with E-state index in [1.807, 2.05) is 6.07 Å². The summed E-state index contributed by atoms with van der Waals surface area (Å²) >= 11 is 0. The van der Waals surface area contributed by atoms with Crippen LogP contribution in [0.15, 0.2) is 48.5 Å². The first kappa shape index (κ1) is 30.1. The number of hydrogen-bond donors (Lipinski definition) is 1. The number of Topliss-reactive ketones (excluding diaryl/α,β-unsaturated/α-hetero) is 1. The van der Waals surface area contributed by atoms with Gasteiger partial charge in [0.25, 0.3) is 0 Å². The number of rotatable bonds is 10. The number of ketones is 1. The summed E-state index contributed by atoms with van der Waals surface area (Å²) in [5.74, 6) is -3.69. The average molecular weight is 559 g/mol. The monoisotopic (exact) mass is 558 g/mol. The molecule has 1 N–H and O–H groups in total. The molecule has 40 heavy (non-hydrogen) atoms. The molecule has 0 aromatic heterocycles. The number of carbonyl (C=O) groups excluding carboxylic acids is 5. The fourth-order valence-corrected chi connectivity index (χ4v) is 4.11. The zero-order chi connectivity index (χ0) is 29.4. The van der Waals surface area contributed by atoms with Gasteiger partial charge in [0.1, 0.15) is 24.2 Å². The van der Waals surface area contributed by atoms with Crippen molar-refractivity contribution >= 4 is 29.7 Å². The molecule has 0 amide bonds. The predicted molar refractivity (Wildman–Crippen MR) is 135 cm³/mol. The highest BCUT2D eigenvalue weighted by Gasteiger charge is 2.53. The number of ether oxygens (including phenoxy) is 6. The summed E-state index contributed by atoms with van der Waals surface area (Å²) in [5, 5.41) is 10.6. The van der Waals surface area contributed by atoms with Crippen LogP contribution in [0.25, 0.3) is 0 Å². The Kier molecular flexibility index (Phi) is 10.2. The van der Waals surface area contributed by atoms with Crippen molar-refractivity contribution in [2.75, 3.05) is 6.61 Å². The molecule has 0 saturated carbocycles. The van der Waals surface area contributed by atoms with Crippen LogP contribution in [0.3, 0.4) is 0 Å². The van der Waals surface area contributed by atoms with Crippen LogP contribution >= 0.6 is 0 Å². The van der Waals surface area contributed by atoms with E-state index in [0.29, 0.717) is 0 Å². The van der Waals surface area contributed by atoms with Gasteiger partial charge in [0, 0.05) is 40.2 Å². The van der Waals surface area contributed by atoms with Crippen LogP contribution in [0.2, 0.25) is 0 Å². The van der Waals surface area contributed by atoms with Crippen molar-refractivity contribution in [1.29, 1.82) is 0 Å². The van der Waals surface area contributed by atoms with Gasteiger partial charge in [-0.3, -0.25) is 24.0 Å². The molecular formula is C28H30O12. The van der Waals surface area contributed by atoms with Crippen LogP contribution in [-0.4, -0.2) is 72.1 Å². The molecule has 1 heterocycles. The van der Waals surface area contributed by atoms with Crippen LogP contribution in [0.1, 0.15) is 43.6 Å². The van der Waals surface area contributed by atoms with E-state index in [-0.39, 0.29) is 29.3 Å². The molecule has 5 atom stereocenters. The standard InChI is InChI=1S/C28H30O12/c1-15(29)35-14-24-25(36-16(2)30)26(37-17(3)31)27(38-18(4)32)28(40-24)39-20-10-11-21(23(34)13-20)22(33)12-19-8-6-5-7-9-19/h5-11,13,24-28,34H,12,14H2,1-4H3/t24-,25-,26+,27-,28-/m1/s1. The molecule has 2 aromatic rings.